The smallest absolute Gasteiger partial charge is 0.164 e. The summed E-state index contributed by atoms with van der Waals surface area (Å²) >= 11 is 0. The van der Waals surface area contributed by atoms with Crippen molar-refractivity contribution in [2.75, 3.05) is 0 Å². The van der Waals surface area contributed by atoms with Crippen molar-refractivity contribution in [1.29, 1.82) is 42.1 Å². The van der Waals surface area contributed by atoms with E-state index >= 15 is 0 Å². The number of nitrogens with zero attached hydrogens (tertiary/aromatic N) is 16. The lowest BCUT2D eigenvalue weighted by Gasteiger charge is -2.18. The number of hydrogen-bond donors (Lipinski definition) is 0. The van der Waals surface area contributed by atoms with E-state index in [2.05, 4.69) is 143 Å². The van der Waals surface area contributed by atoms with Crippen LogP contribution in [0.2, 0.25) is 0 Å². The first-order valence-corrected chi connectivity index (χ1v) is 38.1. The van der Waals surface area contributed by atoms with Crippen molar-refractivity contribution >= 4 is 43.6 Å². The molecule has 0 bridgehead atoms. The molecule has 550 valence electrons. The minimum absolute atomic E-state index is 0.338. The highest BCUT2D eigenvalue weighted by atomic mass is 15.1. The van der Waals surface area contributed by atoms with Gasteiger partial charge in [-0.2, -0.15) is 42.1 Å². The second kappa shape index (κ2) is 30.4. The Hall–Kier alpha value is -18.2. The first kappa shape index (κ1) is 72.1. The summed E-state index contributed by atoms with van der Waals surface area (Å²) < 4.78 is 4.44. The highest BCUT2D eigenvalue weighted by Crippen LogP contribution is 2.45. The summed E-state index contributed by atoms with van der Waals surface area (Å²) in [6.07, 6.45) is 0. The molecule has 120 heavy (non-hydrogen) atoms. The van der Waals surface area contributed by atoms with Gasteiger partial charge in [-0.25, -0.2) is 29.9 Å². The zero-order valence-electron chi connectivity index (χ0n) is 63.3. The molecule has 4 heterocycles. The molecule has 0 spiro atoms. The molecule has 0 N–H and O–H groups in total. The molecule has 0 amide bonds. The molecule has 0 aliphatic heterocycles. The number of fused-ring (bicyclic) bond motifs is 6. The largest absolute Gasteiger partial charge is 0.309 e. The first-order valence-electron chi connectivity index (χ1n) is 38.1. The van der Waals surface area contributed by atoms with Crippen molar-refractivity contribution < 1.29 is 0 Å². The van der Waals surface area contributed by atoms with Crippen molar-refractivity contribution in [2.45, 2.75) is 0 Å². The van der Waals surface area contributed by atoms with Crippen LogP contribution in [0.15, 0.2) is 328 Å². The number of benzene rings is 15. The Morgan fingerprint density at radius 2 is 0.425 bits per heavy atom. The summed E-state index contributed by atoms with van der Waals surface area (Å²) in [6, 6.07) is 123. The molecule has 0 fully saturated rings. The van der Waals surface area contributed by atoms with Gasteiger partial charge in [0, 0.05) is 66.2 Å². The number of hydrogen-bond acceptors (Lipinski definition) is 14. The lowest BCUT2D eigenvalue weighted by molar-refractivity contribution is 1.07. The van der Waals surface area contributed by atoms with Crippen LogP contribution in [0.5, 0.6) is 0 Å². The normalized spacial score (nSPS) is 10.9. The minimum atomic E-state index is 0.338. The maximum absolute atomic E-state index is 10.3. The van der Waals surface area contributed by atoms with Crippen LogP contribution in [0.4, 0.5) is 0 Å². The standard InChI is InChI=1S/C104H54N16/c105-55-63-34-64(56-106)39-82(38-63)76-24-29-95-90(50-76)91-51-77(83-40-65(57-107)35-66(41-83)58-108)25-30-96(91)119(95)88-48-86(47-87(49-88)104-117-101(73-18-9-3-10-19-73)114-102(118-104)74-20-11-4-12-21-74)75-22-13-23-80(46-75)89-54-81(103-115-99(71-14-5-1-6-15-71)113-100(116-103)72-16-7-2-8-17-72)28-33-94(89)120-97-31-26-78(84-42-67(59-109)36-68(43-84)60-110)52-92(97)93-53-79(27-32-98(93)120)85-44-69(61-111)37-70(45-85)62-112/h1-54H. The maximum Gasteiger partial charge on any atom is 0.164 e. The maximum atomic E-state index is 10.3. The van der Waals surface area contributed by atoms with Gasteiger partial charge in [-0.15, -0.1) is 0 Å². The van der Waals surface area contributed by atoms with E-state index in [1.54, 1.807) is 72.8 Å². The van der Waals surface area contributed by atoms with Crippen molar-refractivity contribution in [3.05, 3.63) is 372 Å². The lowest BCUT2D eigenvalue weighted by Crippen LogP contribution is -2.02. The number of aromatic nitrogens is 8. The van der Waals surface area contributed by atoms with Gasteiger partial charge < -0.3 is 9.13 Å². The molecule has 4 aromatic heterocycles. The third-order valence-electron chi connectivity index (χ3n) is 21.5. The average Bonchev–Trinajstić information content (AvgIpc) is 1.60. The molecule has 19 aromatic rings. The summed E-state index contributed by atoms with van der Waals surface area (Å²) in [5.74, 6) is 2.70. The molecule has 15 aromatic carbocycles. The second-order valence-corrected chi connectivity index (χ2v) is 28.8. The van der Waals surface area contributed by atoms with Gasteiger partial charge in [-0.3, -0.25) is 0 Å². The Kier molecular flexibility index (Phi) is 18.3. The molecule has 19 rings (SSSR count). The van der Waals surface area contributed by atoms with Crippen LogP contribution in [0.1, 0.15) is 44.5 Å². The third-order valence-corrected chi connectivity index (χ3v) is 21.5. The third kappa shape index (κ3) is 13.5. The van der Waals surface area contributed by atoms with E-state index in [-0.39, 0.29) is 0 Å². The van der Waals surface area contributed by atoms with Gasteiger partial charge in [0.05, 0.1) is 121 Å². The average molecular weight is 1530 g/mol. The molecule has 0 radical (unpaired) electrons. The van der Waals surface area contributed by atoms with Crippen LogP contribution in [-0.2, 0) is 0 Å². The van der Waals surface area contributed by atoms with Gasteiger partial charge in [0.25, 0.3) is 0 Å². The van der Waals surface area contributed by atoms with Gasteiger partial charge in [0.1, 0.15) is 0 Å². The Bertz CT molecular complexity index is 7370. The van der Waals surface area contributed by atoms with Crippen LogP contribution < -0.4 is 0 Å². The fourth-order valence-electron chi connectivity index (χ4n) is 15.9. The van der Waals surface area contributed by atoms with Crippen molar-refractivity contribution in [3.8, 4) is 195 Å². The molecule has 0 saturated carbocycles. The van der Waals surface area contributed by atoms with Crippen molar-refractivity contribution in [3.63, 3.8) is 0 Å². The quantitative estimate of drug-likeness (QED) is 0.0979. The number of rotatable bonds is 14. The molecular weight excluding hydrogens is 1470 g/mol. The molecule has 0 atom stereocenters. The van der Waals surface area contributed by atoms with Gasteiger partial charge in [-0.05, 0) is 225 Å². The summed E-state index contributed by atoms with van der Waals surface area (Å²) in [5.41, 5.74) is 20.8. The molecule has 16 heteroatoms. The fourth-order valence-corrected chi connectivity index (χ4v) is 15.9. The van der Waals surface area contributed by atoms with Crippen LogP contribution in [0, 0.1) is 90.6 Å². The van der Waals surface area contributed by atoms with Crippen LogP contribution in [0.25, 0.3) is 190 Å². The Morgan fingerprint density at radius 1 is 0.175 bits per heavy atom. The summed E-state index contributed by atoms with van der Waals surface area (Å²) in [7, 11) is 0. The number of nitriles is 8. The predicted molar refractivity (Wildman–Crippen MR) is 465 cm³/mol. The fraction of sp³-hybridized carbons (Fsp3) is 0. The molecule has 0 unspecified atom stereocenters. The van der Waals surface area contributed by atoms with E-state index in [9.17, 15) is 42.1 Å². The van der Waals surface area contributed by atoms with Gasteiger partial charge in [0.15, 0.2) is 34.9 Å². The predicted octanol–water partition coefficient (Wildman–Crippen LogP) is 23.2. The van der Waals surface area contributed by atoms with E-state index in [1.165, 1.54) is 0 Å². The van der Waals surface area contributed by atoms with Gasteiger partial charge >= 0.3 is 0 Å². The Labute approximate surface area is 687 Å². The van der Waals surface area contributed by atoms with Gasteiger partial charge in [-0.1, -0.05) is 164 Å². The topological polar surface area (TPSA) is 278 Å². The summed E-state index contributed by atoms with van der Waals surface area (Å²) in [4.78, 5) is 31.5. The Morgan fingerprint density at radius 3 is 0.750 bits per heavy atom. The Balaban J connectivity index is 0.878. The van der Waals surface area contributed by atoms with Crippen molar-refractivity contribution in [2.24, 2.45) is 0 Å². The van der Waals surface area contributed by atoms with Crippen LogP contribution in [-0.4, -0.2) is 39.0 Å². The van der Waals surface area contributed by atoms with E-state index < -0.39 is 0 Å². The second-order valence-electron chi connectivity index (χ2n) is 28.8. The molecule has 0 aliphatic rings. The first-order chi connectivity index (χ1) is 59.0. The lowest BCUT2D eigenvalue weighted by atomic mass is 9.95. The van der Waals surface area contributed by atoms with Crippen LogP contribution in [0.3, 0.4) is 0 Å². The highest BCUT2D eigenvalue weighted by Gasteiger charge is 2.25. The summed E-state index contributed by atoms with van der Waals surface area (Å²) in [5, 5.41) is 85.3. The summed E-state index contributed by atoms with van der Waals surface area (Å²) in [6.45, 7) is 0. The minimum Gasteiger partial charge on any atom is -0.309 e. The van der Waals surface area contributed by atoms with E-state index in [4.69, 9.17) is 29.9 Å². The zero-order valence-corrected chi connectivity index (χ0v) is 63.3. The molecular formula is C104H54N16. The van der Waals surface area contributed by atoms with E-state index in [0.717, 1.165) is 122 Å². The monoisotopic (exact) mass is 1530 g/mol. The SMILES string of the molecule is N#Cc1cc(C#N)cc(-c2ccc3c(c2)c2cc(-c4cc(C#N)cc(C#N)c4)ccc2n3-c2cc(-c3cccc(-c4cc(-c5nc(-c6ccccc6)nc(-c6ccccc6)n5)ccc4-n4c5ccc(-c6cc(C#N)cc(C#N)c6)cc5c5cc(-c6cc(C#N)cc(C#N)c6)ccc54)c3)cc(-c3nc(-c4ccccc4)nc(-c4ccccc4)n3)c2)c1. The van der Waals surface area contributed by atoms with E-state index in [0.29, 0.717) is 113 Å². The molecule has 0 saturated heterocycles. The van der Waals surface area contributed by atoms with Crippen molar-refractivity contribution in [1.82, 2.24) is 39.0 Å². The van der Waals surface area contributed by atoms with Gasteiger partial charge in [0.2, 0.25) is 0 Å². The van der Waals surface area contributed by atoms with E-state index in [1.807, 2.05) is 170 Å². The highest BCUT2D eigenvalue weighted by molar-refractivity contribution is 6.14. The van der Waals surface area contributed by atoms with Crippen LogP contribution >= 0.6 is 0 Å². The molecule has 16 nitrogen and oxygen atoms in total. The molecule has 0 aliphatic carbocycles. The zero-order chi connectivity index (χ0) is 81.5.